The van der Waals surface area contributed by atoms with Crippen LogP contribution in [0.3, 0.4) is 0 Å². The van der Waals surface area contributed by atoms with Gasteiger partial charge in [0.05, 0.1) is 24.1 Å². The molecule has 3 aromatic carbocycles. The summed E-state index contributed by atoms with van der Waals surface area (Å²) in [5.41, 5.74) is 2.43. The molecule has 0 atom stereocenters. The van der Waals surface area contributed by atoms with Crippen molar-refractivity contribution in [2.24, 2.45) is 0 Å². The van der Waals surface area contributed by atoms with Crippen LogP contribution in [0.15, 0.2) is 65.6 Å². The fraction of sp³-hybridized carbons (Fsp3) is 0.240. The number of methoxy groups -OCH3 is 2. The summed E-state index contributed by atoms with van der Waals surface area (Å²) in [6, 6.07) is 16.6. The van der Waals surface area contributed by atoms with Crippen molar-refractivity contribution >= 4 is 33.2 Å². The van der Waals surface area contributed by atoms with Gasteiger partial charge in [0.2, 0.25) is 0 Å². The smallest absolute Gasteiger partial charge is 0.261 e. The summed E-state index contributed by atoms with van der Waals surface area (Å²) < 4.78 is 43.7. The molecule has 0 saturated carbocycles. The quantitative estimate of drug-likeness (QED) is 0.394. The normalized spacial score (nSPS) is 11.0. The van der Waals surface area contributed by atoms with Crippen molar-refractivity contribution in [3.8, 4) is 17.2 Å². The lowest BCUT2D eigenvalue weighted by molar-refractivity contribution is -0.123. The highest BCUT2D eigenvalue weighted by Gasteiger charge is 2.17. The summed E-state index contributed by atoms with van der Waals surface area (Å²) in [7, 11) is -0.699. The lowest BCUT2D eigenvalue weighted by Gasteiger charge is -2.12. The van der Waals surface area contributed by atoms with Crippen LogP contribution in [0.25, 0.3) is 0 Å². The van der Waals surface area contributed by atoms with E-state index in [2.05, 4.69) is 10.0 Å². The summed E-state index contributed by atoms with van der Waals surface area (Å²) in [4.78, 5) is 12.1. The molecule has 10 heteroatoms. The fourth-order valence-electron chi connectivity index (χ4n) is 3.18. The van der Waals surface area contributed by atoms with Crippen molar-refractivity contribution in [2.45, 2.75) is 18.2 Å². The van der Waals surface area contributed by atoms with Crippen molar-refractivity contribution < 1.29 is 27.4 Å². The van der Waals surface area contributed by atoms with Crippen LogP contribution in [-0.4, -0.2) is 41.7 Å². The Morgan fingerprint density at radius 2 is 1.60 bits per heavy atom. The number of carbonyl (C=O) groups excluding carboxylic acids is 1. The molecule has 0 fully saturated rings. The van der Waals surface area contributed by atoms with Crippen LogP contribution >= 0.6 is 11.6 Å². The highest BCUT2D eigenvalue weighted by molar-refractivity contribution is 7.92. The molecular weight excluding hydrogens is 492 g/mol. The standard InChI is InChI=1S/C25H27ClN2O6S/c1-17-4-7-19(8-5-17)28-35(30,31)20-9-11-22(21(26)15-20)34-16-25(29)27-13-12-18-6-10-23(32-2)24(14-18)33-3/h4-11,14-15,28H,12-13,16H2,1-3H3,(H,27,29). The SMILES string of the molecule is COc1ccc(CCNC(=O)COc2ccc(S(=O)(=O)Nc3ccc(C)cc3)cc2Cl)cc1OC. The zero-order chi connectivity index (χ0) is 25.4. The number of anilines is 1. The lowest BCUT2D eigenvalue weighted by Crippen LogP contribution is -2.30. The van der Waals surface area contributed by atoms with Crippen LogP contribution < -0.4 is 24.2 Å². The molecule has 0 heterocycles. The third-order valence-corrected chi connectivity index (χ3v) is 6.73. The molecular formula is C25H27ClN2O6S. The maximum atomic E-state index is 12.6. The van der Waals surface area contributed by atoms with Gasteiger partial charge < -0.3 is 19.5 Å². The minimum atomic E-state index is -3.83. The lowest BCUT2D eigenvalue weighted by atomic mass is 10.1. The second-order valence-corrected chi connectivity index (χ2v) is 9.73. The molecule has 0 radical (unpaired) electrons. The third kappa shape index (κ3) is 7.27. The Hall–Kier alpha value is -3.43. The summed E-state index contributed by atoms with van der Waals surface area (Å²) in [5, 5.41) is 2.85. The van der Waals surface area contributed by atoms with Crippen molar-refractivity contribution in [3.05, 3.63) is 76.8 Å². The number of aryl methyl sites for hydroxylation is 1. The number of benzene rings is 3. The van der Waals surface area contributed by atoms with Gasteiger partial charge in [-0.15, -0.1) is 0 Å². The van der Waals surface area contributed by atoms with Crippen molar-refractivity contribution in [1.29, 1.82) is 0 Å². The molecule has 0 aliphatic carbocycles. The van der Waals surface area contributed by atoms with E-state index in [1.165, 1.54) is 18.2 Å². The van der Waals surface area contributed by atoms with Crippen molar-refractivity contribution in [3.63, 3.8) is 0 Å². The van der Waals surface area contributed by atoms with E-state index in [1.54, 1.807) is 44.6 Å². The van der Waals surface area contributed by atoms with Gasteiger partial charge in [0.1, 0.15) is 5.75 Å². The Kier molecular flexibility index (Phi) is 8.84. The monoisotopic (exact) mass is 518 g/mol. The Labute approximate surface area is 210 Å². The van der Waals surface area contributed by atoms with Crippen LogP contribution in [0.1, 0.15) is 11.1 Å². The molecule has 0 unspecified atom stereocenters. The largest absolute Gasteiger partial charge is 0.493 e. The van der Waals surface area contributed by atoms with E-state index in [9.17, 15) is 13.2 Å². The van der Waals surface area contributed by atoms with Gasteiger partial charge in [-0.05, 0) is 61.4 Å². The number of ether oxygens (including phenoxy) is 3. The minimum absolute atomic E-state index is 0.0187. The molecule has 35 heavy (non-hydrogen) atoms. The predicted octanol–water partition coefficient (Wildman–Crippen LogP) is 4.20. The number of halogens is 1. The molecule has 8 nitrogen and oxygen atoms in total. The molecule has 0 aliphatic heterocycles. The number of sulfonamides is 1. The van der Waals surface area contributed by atoms with Crippen LogP contribution in [0, 0.1) is 6.92 Å². The average molecular weight is 519 g/mol. The van der Waals surface area contributed by atoms with E-state index in [-0.39, 0.29) is 28.2 Å². The Morgan fingerprint density at radius 1 is 0.914 bits per heavy atom. The minimum Gasteiger partial charge on any atom is -0.493 e. The van der Waals surface area contributed by atoms with Gasteiger partial charge in [0.25, 0.3) is 15.9 Å². The van der Waals surface area contributed by atoms with Gasteiger partial charge in [-0.1, -0.05) is 35.4 Å². The number of carbonyl (C=O) groups is 1. The van der Waals surface area contributed by atoms with Gasteiger partial charge in [-0.2, -0.15) is 0 Å². The summed E-state index contributed by atoms with van der Waals surface area (Å²) in [6.07, 6.45) is 0.591. The number of hydrogen-bond acceptors (Lipinski definition) is 6. The van der Waals surface area contributed by atoms with Crippen LogP contribution in [-0.2, 0) is 21.2 Å². The van der Waals surface area contributed by atoms with Gasteiger partial charge in [-0.3, -0.25) is 9.52 Å². The van der Waals surface area contributed by atoms with E-state index >= 15 is 0 Å². The zero-order valence-electron chi connectivity index (χ0n) is 19.6. The molecule has 2 N–H and O–H groups in total. The first-order valence-electron chi connectivity index (χ1n) is 10.7. The van der Waals surface area contributed by atoms with Gasteiger partial charge in [0.15, 0.2) is 18.1 Å². The average Bonchev–Trinajstić information content (AvgIpc) is 2.84. The molecule has 1 amide bonds. The van der Waals surface area contributed by atoms with Gasteiger partial charge in [0, 0.05) is 12.2 Å². The molecule has 3 aromatic rings. The van der Waals surface area contributed by atoms with Crippen LogP contribution in [0.4, 0.5) is 5.69 Å². The molecule has 3 rings (SSSR count). The van der Waals surface area contributed by atoms with Crippen LogP contribution in [0.5, 0.6) is 17.2 Å². The maximum absolute atomic E-state index is 12.6. The fourth-order valence-corrected chi connectivity index (χ4v) is 4.56. The number of rotatable bonds is 11. The Morgan fingerprint density at radius 3 is 2.26 bits per heavy atom. The number of amides is 1. The first kappa shape index (κ1) is 26.2. The second-order valence-electron chi connectivity index (χ2n) is 7.64. The molecule has 0 saturated heterocycles. The third-order valence-electron chi connectivity index (χ3n) is 5.06. The van der Waals surface area contributed by atoms with Gasteiger partial charge >= 0.3 is 0 Å². The Balaban J connectivity index is 1.51. The topological polar surface area (TPSA) is 103 Å². The second kappa shape index (κ2) is 11.8. The summed E-state index contributed by atoms with van der Waals surface area (Å²) in [6.45, 7) is 2.04. The first-order valence-corrected chi connectivity index (χ1v) is 12.6. The number of nitrogens with one attached hydrogen (secondary N) is 2. The molecule has 0 bridgehead atoms. The molecule has 0 aromatic heterocycles. The summed E-state index contributed by atoms with van der Waals surface area (Å²) >= 11 is 6.21. The van der Waals surface area contributed by atoms with Crippen molar-refractivity contribution in [1.82, 2.24) is 5.32 Å². The van der Waals surface area contributed by atoms with Gasteiger partial charge in [-0.25, -0.2) is 8.42 Å². The molecule has 0 aliphatic rings. The predicted molar refractivity (Wildman–Crippen MR) is 135 cm³/mol. The van der Waals surface area contributed by atoms with Crippen molar-refractivity contribution in [2.75, 3.05) is 32.1 Å². The van der Waals surface area contributed by atoms with E-state index < -0.39 is 10.0 Å². The molecule has 0 spiro atoms. The van der Waals surface area contributed by atoms with E-state index in [0.29, 0.717) is 30.2 Å². The van der Waals surface area contributed by atoms with E-state index in [0.717, 1.165) is 11.1 Å². The zero-order valence-corrected chi connectivity index (χ0v) is 21.2. The maximum Gasteiger partial charge on any atom is 0.261 e. The van der Waals surface area contributed by atoms with Crippen LogP contribution in [0.2, 0.25) is 5.02 Å². The highest BCUT2D eigenvalue weighted by atomic mass is 35.5. The first-order chi connectivity index (χ1) is 16.7. The molecule has 186 valence electrons. The summed E-state index contributed by atoms with van der Waals surface area (Å²) in [5.74, 6) is 1.12. The van der Waals surface area contributed by atoms with E-state index in [1.807, 2.05) is 19.1 Å². The highest BCUT2D eigenvalue weighted by Crippen LogP contribution is 2.29. The number of hydrogen-bond donors (Lipinski definition) is 2. The Bertz CT molecular complexity index is 1280. The van der Waals surface area contributed by atoms with E-state index in [4.69, 9.17) is 25.8 Å².